The lowest BCUT2D eigenvalue weighted by Gasteiger charge is -2.12. The van der Waals surface area contributed by atoms with Crippen LogP contribution in [0.25, 0.3) is 0 Å². The van der Waals surface area contributed by atoms with Gasteiger partial charge >= 0.3 is 0 Å². The normalized spacial score (nSPS) is 22.2. The molecule has 1 aliphatic carbocycles. The van der Waals surface area contributed by atoms with E-state index in [9.17, 15) is 5.11 Å². The van der Waals surface area contributed by atoms with Gasteiger partial charge in [0.25, 0.3) is 0 Å². The molecule has 3 heteroatoms. The van der Waals surface area contributed by atoms with Crippen molar-refractivity contribution in [2.75, 3.05) is 19.7 Å². The summed E-state index contributed by atoms with van der Waals surface area (Å²) in [7, 11) is 0. The third kappa shape index (κ3) is 3.52. The second kappa shape index (κ2) is 4.80. The summed E-state index contributed by atoms with van der Waals surface area (Å²) in [6.07, 6.45) is 2.19. The van der Waals surface area contributed by atoms with Gasteiger partial charge in [0.05, 0.1) is 6.10 Å². The fourth-order valence-corrected chi connectivity index (χ4v) is 1.19. The van der Waals surface area contributed by atoms with Crippen molar-refractivity contribution in [3.63, 3.8) is 0 Å². The minimum Gasteiger partial charge on any atom is -0.396 e. The molecule has 0 radical (unpaired) electrons. The standard InChI is InChI=1S/C9H19NO2/c1-7(6-11)4-10-5-9(12)8-2-3-8/h7-12H,2-6H2,1H3. The minimum atomic E-state index is -0.170. The molecule has 0 bridgehead atoms. The quantitative estimate of drug-likeness (QED) is 0.529. The highest BCUT2D eigenvalue weighted by Crippen LogP contribution is 2.32. The number of hydrogen-bond donors (Lipinski definition) is 3. The first-order chi connectivity index (χ1) is 5.74. The van der Waals surface area contributed by atoms with Gasteiger partial charge in [0.15, 0.2) is 0 Å². The SMILES string of the molecule is CC(CO)CNCC(O)C1CC1. The molecule has 0 spiro atoms. The Kier molecular flexibility index (Phi) is 3.98. The van der Waals surface area contributed by atoms with Crippen molar-refractivity contribution in [1.29, 1.82) is 0 Å². The maximum Gasteiger partial charge on any atom is 0.0692 e. The van der Waals surface area contributed by atoms with Gasteiger partial charge in [0.2, 0.25) is 0 Å². The molecule has 3 nitrogen and oxygen atoms in total. The smallest absolute Gasteiger partial charge is 0.0692 e. The summed E-state index contributed by atoms with van der Waals surface area (Å²) in [5.41, 5.74) is 0. The Morgan fingerprint density at radius 3 is 2.58 bits per heavy atom. The fraction of sp³-hybridized carbons (Fsp3) is 1.00. The molecule has 3 N–H and O–H groups in total. The van der Waals surface area contributed by atoms with Gasteiger partial charge < -0.3 is 15.5 Å². The van der Waals surface area contributed by atoms with Gasteiger partial charge in [-0.15, -0.1) is 0 Å². The Morgan fingerprint density at radius 2 is 2.08 bits per heavy atom. The predicted octanol–water partition coefficient (Wildman–Crippen LogP) is -0.0247. The average Bonchev–Trinajstić information content (AvgIpc) is 2.86. The fourth-order valence-electron chi connectivity index (χ4n) is 1.19. The van der Waals surface area contributed by atoms with Crippen molar-refractivity contribution in [2.45, 2.75) is 25.9 Å². The molecule has 0 heterocycles. The average molecular weight is 173 g/mol. The van der Waals surface area contributed by atoms with Gasteiger partial charge in [-0.2, -0.15) is 0 Å². The molecular weight excluding hydrogens is 154 g/mol. The summed E-state index contributed by atoms with van der Waals surface area (Å²) < 4.78 is 0. The third-order valence-corrected chi connectivity index (χ3v) is 2.32. The first-order valence-corrected chi connectivity index (χ1v) is 4.73. The van der Waals surface area contributed by atoms with E-state index in [1.807, 2.05) is 6.92 Å². The summed E-state index contributed by atoms with van der Waals surface area (Å²) in [4.78, 5) is 0. The van der Waals surface area contributed by atoms with E-state index < -0.39 is 0 Å². The molecule has 2 unspecified atom stereocenters. The zero-order valence-corrected chi connectivity index (χ0v) is 7.66. The number of hydrogen-bond acceptors (Lipinski definition) is 3. The summed E-state index contributed by atoms with van der Waals surface area (Å²) in [5.74, 6) is 0.832. The molecule has 1 rings (SSSR count). The van der Waals surface area contributed by atoms with Crippen molar-refractivity contribution in [1.82, 2.24) is 5.32 Å². The molecule has 0 saturated heterocycles. The lowest BCUT2D eigenvalue weighted by molar-refractivity contribution is 0.144. The van der Waals surface area contributed by atoms with E-state index in [1.54, 1.807) is 0 Å². The van der Waals surface area contributed by atoms with Gasteiger partial charge in [-0.1, -0.05) is 6.92 Å². The molecule has 0 aromatic heterocycles. The molecule has 1 aliphatic rings. The maximum atomic E-state index is 9.45. The van der Waals surface area contributed by atoms with E-state index in [-0.39, 0.29) is 18.6 Å². The Hall–Kier alpha value is -0.120. The number of nitrogens with one attached hydrogen (secondary N) is 1. The molecule has 0 aromatic rings. The molecule has 72 valence electrons. The van der Waals surface area contributed by atoms with E-state index in [0.29, 0.717) is 12.5 Å². The Balaban J connectivity index is 1.93. The second-order valence-electron chi connectivity index (χ2n) is 3.85. The van der Waals surface area contributed by atoms with Crippen LogP contribution in [-0.2, 0) is 0 Å². The summed E-state index contributed by atoms with van der Waals surface area (Å²) in [5, 5.41) is 21.3. The molecule has 0 aromatic carbocycles. The van der Waals surface area contributed by atoms with Gasteiger partial charge in [0.1, 0.15) is 0 Å². The zero-order chi connectivity index (χ0) is 8.97. The van der Waals surface area contributed by atoms with Crippen LogP contribution in [0.4, 0.5) is 0 Å². The first-order valence-electron chi connectivity index (χ1n) is 4.73. The molecule has 0 amide bonds. The summed E-state index contributed by atoms with van der Waals surface area (Å²) in [6.45, 7) is 3.66. The largest absolute Gasteiger partial charge is 0.396 e. The van der Waals surface area contributed by atoms with Crippen LogP contribution in [0.1, 0.15) is 19.8 Å². The topological polar surface area (TPSA) is 52.5 Å². The van der Waals surface area contributed by atoms with E-state index >= 15 is 0 Å². The van der Waals surface area contributed by atoms with Crippen LogP contribution in [0.2, 0.25) is 0 Å². The van der Waals surface area contributed by atoms with Crippen molar-refractivity contribution >= 4 is 0 Å². The van der Waals surface area contributed by atoms with E-state index in [2.05, 4.69) is 5.32 Å². The van der Waals surface area contributed by atoms with Gasteiger partial charge in [-0.05, 0) is 31.2 Å². The van der Waals surface area contributed by atoms with Crippen LogP contribution < -0.4 is 5.32 Å². The Morgan fingerprint density at radius 1 is 1.42 bits per heavy atom. The van der Waals surface area contributed by atoms with Crippen molar-refractivity contribution in [3.05, 3.63) is 0 Å². The Bertz CT molecular complexity index is 126. The molecule has 2 atom stereocenters. The van der Waals surface area contributed by atoms with Crippen LogP contribution in [0.5, 0.6) is 0 Å². The Labute approximate surface area is 73.8 Å². The second-order valence-corrected chi connectivity index (χ2v) is 3.85. The van der Waals surface area contributed by atoms with Gasteiger partial charge in [0, 0.05) is 13.2 Å². The number of rotatable bonds is 6. The van der Waals surface area contributed by atoms with Crippen LogP contribution in [0, 0.1) is 11.8 Å². The number of aliphatic hydroxyl groups excluding tert-OH is 2. The maximum absolute atomic E-state index is 9.45. The highest BCUT2D eigenvalue weighted by molar-refractivity contribution is 4.82. The molecule has 1 saturated carbocycles. The van der Waals surface area contributed by atoms with Crippen LogP contribution >= 0.6 is 0 Å². The van der Waals surface area contributed by atoms with Crippen molar-refractivity contribution in [2.24, 2.45) is 11.8 Å². The van der Waals surface area contributed by atoms with Crippen LogP contribution in [0.15, 0.2) is 0 Å². The lowest BCUT2D eigenvalue weighted by atomic mass is 10.2. The van der Waals surface area contributed by atoms with E-state index in [1.165, 1.54) is 12.8 Å². The lowest BCUT2D eigenvalue weighted by Crippen LogP contribution is -2.32. The number of aliphatic hydroxyl groups is 2. The molecular formula is C9H19NO2. The molecule has 12 heavy (non-hydrogen) atoms. The van der Waals surface area contributed by atoms with E-state index in [0.717, 1.165) is 6.54 Å². The van der Waals surface area contributed by atoms with E-state index in [4.69, 9.17) is 5.11 Å². The minimum absolute atomic E-state index is 0.170. The molecule has 1 fully saturated rings. The summed E-state index contributed by atoms with van der Waals surface area (Å²) in [6, 6.07) is 0. The monoisotopic (exact) mass is 173 g/mol. The zero-order valence-electron chi connectivity index (χ0n) is 7.66. The first kappa shape index (κ1) is 9.96. The van der Waals surface area contributed by atoms with Crippen LogP contribution in [0.3, 0.4) is 0 Å². The summed E-state index contributed by atoms with van der Waals surface area (Å²) >= 11 is 0. The highest BCUT2D eigenvalue weighted by Gasteiger charge is 2.29. The van der Waals surface area contributed by atoms with Gasteiger partial charge in [-0.3, -0.25) is 0 Å². The highest BCUT2D eigenvalue weighted by atomic mass is 16.3. The predicted molar refractivity (Wildman–Crippen MR) is 47.9 cm³/mol. The van der Waals surface area contributed by atoms with Crippen molar-refractivity contribution < 1.29 is 10.2 Å². The van der Waals surface area contributed by atoms with Gasteiger partial charge in [-0.25, -0.2) is 0 Å². The van der Waals surface area contributed by atoms with Crippen LogP contribution in [-0.4, -0.2) is 36.0 Å². The third-order valence-electron chi connectivity index (χ3n) is 2.32. The van der Waals surface area contributed by atoms with Crippen molar-refractivity contribution in [3.8, 4) is 0 Å². The molecule has 0 aliphatic heterocycles.